The van der Waals surface area contributed by atoms with Gasteiger partial charge in [-0.2, -0.15) is 13.2 Å². The van der Waals surface area contributed by atoms with Crippen LogP contribution in [0.5, 0.6) is 5.75 Å². The number of nitrogens with one attached hydrogen (secondary N) is 1. The number of carbonyl (C=O) groups excluding carboxylic acids is 2. The number of benzene rings is 2. The van der Waals surface area contributed by atoms with Gasteiger partial charge in [0.2, 0.25) is 5.91 Å². The maximum atomic E-state index is 13.5. The molecule has 0 aliphatic carbocycles. The van der Waals surface area contributed by atoms with Gasteiger partial charge >= 0.3 is 12.1 Å². The van der Waals surface area contributed by atoms with Crippen LogP contribution in [-0.2, 0) is 40.0 Å². The molecule has 2 heterocycles. The van der Waals surface area contributed by atoms with E-state index in [2.05, 4.69) is 10.3 Å². The van der Waals surface area contributed by atoms with E-state index >= 15 is 0 Å². The molecule has 0 bridgehead atoms. The molecule has 40 heavy (non-hydrogen) atoms. The first kappa shape index (κ1) is 28.9. The number of esters is 1. The summed E-state index contributed by atoms with van der Waals surface area (Å²) in [5, 5.41) is 3.27. The molecule has 1 unspecified atom stereocenters. The van der Waals surface area contributed by atoms with Gasteiger partial charge in [0.1, 0.15) is 11.6 Å². The van der Waals surface area contributed by atoms with Crippen LogP contribution in [0.2, 0.25) is 0 Å². The molecule has 0 radical (unpaired) electrons. The maximum absolute atomic E-state index is 13.5. The average Bonchev–Trinajstić information content (AvgIpc) is 3.04. The van der Waals surface area contributed by atoms with E-state index in [1.54, 1.807) is 11.1 Å². The van der Waals surface area contributed by atoms with Crippen molar-refractivity contribution in [2.45, 2.75) is 45.5 Å². The van der Waals surface area contributed by atoms with Gasteiger partial charge in [-0.05, 0) is 78.4 Å². The quantitative estimate of drug-likeness (QED) is 0.261. The van der Waals surface area contributed by atoms with Gasteiger partial charge < -0.3 is 19.7 Å². The molecule has 10 heteroatoms. The van der Waals surface area contributed by atoms with Crippen molar-refractivity contribution in [3.8, 4) is 5.75 Å². The van der Waals surface area contributed by atoms with Crippen LogP contribution in [0.15, 0.2) is 60.8 Å². The van der Waals surface area contributed by atoms with E-state index in [9.17, 15) is 22.8 Å². The second kappa shape index (κ2) is 12.8. The Balaban J connectivity index is 1.45. The second-order valence-corrected chi connectivity index (χ2v) is 9.85. The molecular weight excluding hydrogens is 523 g/mol. The molecule has 0 spiro atoms. The van der Waals surface area contributed by atoms with Crippen LogP contribution in [0.1, 0.15) is 40.7 Å². The zero-order valence-corrected chi connectivity index (χ0v) is 22.5. The van der Waals surface area contributed by atoms with Crippen molar-refractivity contribution in [2.75, 3.05) is 25.6 Å². The molecule has 0 saturated carbocycles. The Morgan fingerprint density at radius 3 is 2.58 bits per heavy atom. The first-order chi connectivity index (χ1) is 19.1. The fraction of sp³-hybridized carbons (Fsp3) is 0.367. The van der Waals surface area contributed by atoms with Crippen molar-refractivity contribution >= 4 is 17.7 Å². The average molecular weight is 556 g/mol. The number of methoxy groups -OCH3 is 1. The smallest absolute Gasteiger partial charge is 0.416 e. The van der Waals surface area contributed by atoms with Crippen molar-refractivity contribution in [1.82, 2.24) is 9.88 Å². The molecule has 1 aromatic heterocycles. The highest BCUT2D eigenvalue weighted by atomic mass is 19.4. The van der Waals surface area contributed by atoms with E-state index in [0.717, 1.165) is 41.1 Å². The zero-order valence-electron chi connectivity index (χ0n) is 22.5. The topological polar surface area (TPSA) is 80.8 Å². The Bertz CT molecular complexity index is 1330. The van der Waals surface area contributed by atoms with Gasteiger partial charge in [-0.1, -0.05) is 18.2 Å². The van der Waals surface area contributed by atoms with Gasteiger partial charge in [0.25, 0.3) is 0 Å². The van der Waals surface area contributed by atoms with Gasteiger partial charge in [-0.3, -0.25) is 9.59 Å². The summed E-state index contributed by atoms with van der Waals surface area (Å²) in [6.07, 6.45) is -1.68. The van der Waals surface area contributed by atoms with Crippen LogP contribution in [-0.4, -0.2) is 42.0 Å². The summed E-state index contributed by atoms with van der Waals surface area (Å²) < 4.78 is 49.8. The highest BCUT2D eigenvalue weighted by Crippen LogP contribution is 2.31. The Kier molecular flexibility index (Phi) is 9.29. The lowest BCUT2D eigenvalue weighted by molar-refractivity contribution is -0.147. The molecule has 2 aromatic carbocycles. The lowest BCUT2D eigenvalue weighted by Crippen LogP contribution is -2.35. The summed E-state index contributed by atoms with van der Waals surface area (Å²) in [5.74, 6) is 0.0758. The largest absolute Gasteiger partial charge is 0.494 e. The standard InChI is InChI=1S/C30H32F3N3O4/c1-20-10-12-35-27(14-20)34-11-3-13-40-26-9-6-22-15-23(17-28(37)39-2)29(38)36(19-24(22)16-26)18-21-4-7-25(8-5-21)30(31,32)33/h4-10,12,14,16,23H,3,11,13,15,17-19H2,1-2H3,(H,34,35). The third kappa shape index (κ3) is 7.74. The summed E-state index contributed by atoms with van der Waals surface area (Å²) >= 11 is 0. The number of aryl methyl sites for hydroxylation is 1. The van der Waals surface area contributed by atoms with Crippen LogP contribution >= 0.6 is 0 Å². The van der Waals surface area contributed by atoms with Gasteiger partial charge in [-0.25, -0.2) is 4.98 Å². The van der Waals surface area contributed by atoms with E-state index in [-0.39, 0.29) is 25.4 Å². The van der Waals surface area contributed by atoms with Gasteiger partial charge in [0, 0.05) is 25.8 Å². The molecule has 1 aliphatic rings. The number of fused-ring (bicyclic) bond motifs is 1. The SMILES string of the molecule is COC(=O)CC1Cc2ccc(OCCCNc3cc(C)ccn3)cc2CN(Cc2ccc(C(F)(F)F)cc2)C1=O. The molecule has 0 fully saturated rings. The van der Waals surface area contributed by atoms with Gasteiger partial charge in [0.15, 0.2) is 0 Å². The van der Waals surface area contributed by atoms with E-state index in [1.807, 2.05) is 37.3 Å². The number of rotatable bonds is 10. The zero-order chi connectivity index (χ0) is 28.7. The van der Waals surface area contributed by atoms with Crippen molar-refractivity contribution in [2.24, 2.45) is 5.92 Å². The summed E-state index contributed by atoms with van der Waals surface area (Å²) in [4.78, 5) is 31.4. The normalized spacial score (nSPS) is 15.3. The minimum absolute atomic E-state index is 0.0840. The minimum Gasteiger partial charge on any atom is -0.494 e. The number of halogens is 3. The lowest BCUT2D eigenvalue weighted by atomic mass is 9.94. The summed E-state index contributed by atoms with van der Waals surface area (Å²) in [5.41, 5.74) is 2.71. The Morgan fingerprint density at radius 1 is 1.10 bits per heavy atom. The maximum Gasteiger partial charge on any atom is 0.416 e. The third-order valence-electron chi connectivity index (χ3n) is 6.77. The molecule has 1 atom stereocenters. The number of amides is 1. The lowest BCUT2D eigenvalue weighted by Gasteiger charge is -2.24. The number of carbonyl (C=O) groups is 2. The molecule has 1 aliphatic heterocycles. The Labute approximate surface area is 231 Å². The number of hydrogen-bond acceptors (Lipinski definition) is 6. The van der Waals surface area contributed by atoms with Crippen LogP contribution in [0.4, 0.5) is 19.0 Å². The Hall–Kier alpha value is -4.08. The van der Waals surface area contributed by atoms with Crippen LogP contribution < -0.4 is 10.1 Å². The summed E-state index contributed by atoms with van der Waals surface area (Å²) in [6, 6.07) is 14.3. The summed E-state index contributed by atoms with van der Waals surface area (Å²) in [6.45, 7) is 3.51. The molecule has 1 amide bonds. The first-order valence-corrected chi connectivity index (χ1v) is 13.0. The van der Waals surface area contributed by atoms with Crippen LogP contribution in [0, 0.1) is 12.8 Å². The van der Waals surface area contributed by atoms with Crippen LogP contribution in [0.25, 0.3) is 0 Å². The molecule has 1 N–H and O–H groups in total. The number of ether oxygens (including phenoxy) is 2. The van der Waals surface area contributed by atoms with E-state index in [0.29, 0.717) is 30.9 Å². The number of nitrogens with zero attached hydrogens (tertiary/aromatic N) is 2. The predicted molar refractivity (Wildman–Crippen MR) is 144 cm³/mol. The fourth-order valence-electron chi connectivity index (χ4n) is 4.64. The highest BCUT2D eigenvalue weighted by molar-refractivity contribution is 5.84. The van der Waals surface area contributed by atoms with Crippen molar-refractivity contribution < 1.29 is 32.2 Å². The minimum atomic E-state index is -4.44. The molecule has 212 valence electrons. The van der Waals surface area contributed by atoms with Gasteiger partial charge in [0.05, 0.1) is 31.6 Å². The molecule has 7 nitrogen and oxygen atoms in total. The molecular formula is C30H32F3N3O4. The fourth-order valence-corrected chi connectivity index (χ4v) is 4.64. The molecule has 3 aromatic rings. The summed E-state index contributed by atoms with van der Waals surface area (Å²) in [7, 11) is 1.27. The number of anilines is 1. The number of alkyl halides is 3. The van der Waals surface area contributed by atoms with Crippen molar-refractivity contribution in [1.29, 1.82) is 0 Å². The predicted octanol–water partition coefficient (Wildman–Crippen LogP) is 5.55. The molecule has 4 rings (SSSR count). The Morgan fingerprint density at radius 2 is 1.88 bits per heavy atom. The van der Waals surface area contributed by atoms with Crippen LogP contribution in [0.3, 0.4) is 0 Å². The van der Waals surface area contributed by atoms with E-state index in [1.165, 1.54) is 19.2 Å². The monoisotopic (exact) mass is 555 g/mol. The third-order valence-corrected chi connectivity index (χ3v) is 6.77. The van der Waals surface area contributed by atoms with Crippen molar-refractivity contribution in [3.05, 3.63) is 88.6 Å². The highest BCUT2D eigenvalue weighted by Gasteiger charge is 2.33. The van der Waals surface area contributed by atoms with Crippen molar-refractivity contribution in [3.63, 3.8) is 0 Å². The number of aromatic nitrogens is 1. The van der Waals surface area contributed by atoms with E-state index < -0.39 is 23.6 Å². The molecule has 0 saturated heterocycles. The first-order valence-electron chi connectivity index (χ1n) is 13.0. The van der Waals surface area contributed by atoms with E-state index in [4.69, 9.17) is 9.47 Å². The van der Waals surface area contributed by atoms with Gasteiger partial charge in [-0.15, -0.1) is 0 Å². The number of hydrogen-bond donors (Lipinski definition) is 1. The number of pyridine rings is 1. The second-order valence-electron chi connectivity index (χ2n) is 9.85.